The van der Waals surface area contributed by atoms with Gasteiger partial charge in [0.2, 0.25) is 0 Å². The molecule has 1 N–H and O–H groups in total. The molecule has 3 nitrogen and oxygen atoms in total. The maximum absolute atomic E-state index is 11.9. The van der Waals surface area contributed by atoms with Crippen molar-refractivity contribution >= 4 is 27.7 Å². The van der Waals surface area contributed by atoms with Crippen LogP contribution in [0.1, 0.15) is 22.6 Å². The molecule has 1 aliphatic rings. The van der Waals surface area contributed by atoms with Crippen LogP contribution in [0.3, 0.4) is 0 Å². The summed E-state index contributed by atoms with van der Waals surface area (Å²) in [5.74, 6) is 2.38. The first-order valence-corrected chi connectivity index (χ1v) is 7.61. The van der Waals surface area contributed by atoms with Gasteiger partial charge in [-0.15, -0.1) is 0 Å². The Bertz CT molecular complexity index is 654. The van der Waals surface area contributed by atoms with E-state index in [1.165, 1.54) is 0 Å². The molecule has 0 saturated carbocycles. The summed E-state index contributed by atoms with van der Waals surface area (Å²) < 4.78 is 1.04. The number of hydrogen-bond acceptors (Lipinski definition) is 3. The van der Waals surface area contributed by atoms with Crippen LogP contribution in [-0.2, 0) is 17.9 Å². The van der Waals surface area contributed by atoms with Crippen molar-refractivity contribution in [1.29, 1.82) is 0 Å². The zero-order valence-corrected chi connectivity index (χ0v) is 12.0. The maximum atomic E-state index is 11.9. The van der Waals surface area contributed by atoms with E-state index < -0.39 is 0 Å². The number of H-pyrrole nitrogens is 1. The Hall–Kier alpha value is -1.07. The number of halogens is 1. The van der Waals surface area contributed by atoms with E-state index in [4.69, 9.17) is 0 Å². The average molecular weight is 323 g/mol. The van der Waals surface area contributed by atoms with Gasteiger partial charge in [0.25, 0.3) is 5.56 Å². The Kier molecular flexibility index (Phi) is 3.26. The van der Waals surface area contributed by atoms with Gasteiger partial charge in [0.05, 0.1) is 5.69 Å². The minimum absolute atomic E-state index is 0.0204. The van der Waals surface area contributed by atoms with E-state index in [0.717, 1.165) is 38.6 Å². The fourth-order valence-electron chi connectivity index (χ4n) is 2.02. The summed E-state index contributed by atoms with van der Waals surface area (Å²) in [6.07, 6.45) is 0.647. The van der Waals surface area contributed by atoms with Gasteiger partial charge in [0, 0.05) is 28.0 Å². The largest absolute Gasteiger partial charge is 0.310 e. The van der Waals surface area contributed by atoms with Gasteiger partial charge in [-0.1, -0.05) is 34.1 Å². The molecule has 92 valence electrons. The predicted octanol–water partition coefficient (Wildman–Crippen LogP) is 2.87. The van der Waals surface area contributed by atoms with Crippen LogP contribution in [0, 0.1) is 0 Å². The summed E-state index contributed by atoms with van der Waals surface area (Å²) in [7, 11) is 0. The van der Waals surface area contributed by atoms with Gasteiger partial charge in [-0.2, -0.15) is 11.8 Å². The number of nitrogens with zero attached hydrogens (tertiary/aromatic N) is 1. The molecule has 0 saturated heterocycles. The predicted molar refractivity (Wildman–Crippen MR) is 76.8 cm³/mol. The van der Waals surface area contributed by atoms with E-state index in [1.54, 1.807) is 11.8 Å². The molecular formula is C13H11BrN2OS. The molecule has 0 aliphatic carbocycles. The molecule has 5 heteroatoms. The highest BCUT2D eigenvalue weighted by molar-refractivity contribution is 9.10. The second kappa shape index (κ2) is 4.90. The summed E-state index contributed by atoms with van der Waals surface area (Å²) >= 11 is 5.25. The number of aromatic amines is 1. The lowest BCUT2D eigenvalue weighted by molar-refractivity contribution is 0.901. The Labute approximate surface area is 117 Å². The fraction of sp³-hybridized carbons (Fsp3) is 0.231. The molecule has 0 atom stereocenters. The van der Waals surface area contributed by atoms with Gasteiger partial charge < -0.3 is 4.98 Å². The van der Waals surface area contributed by atoms with Crippen molar-refractivity contribution in [1.82, 2.24) is 9.97 Å². The van der Waals surface area contributed by atoms with E-state index in [-0.39, 0.29) is 5.56 Å². The first-order valence-electron chi connectivity index (χ1n) is 5.66. The van der Waals surface area contributed by atoms with Crippen LogP contribution >= 0.6 is 27.7 Å². The smallest absolute Gasteiger partial charge is 0.255 e. The molecule has 3 rings (SSSR count). The highest BCUT2D eigenvalue weighted by atomic mass is 79.9. The number of aromatic nitrogens is 2. The van der Waals surface area contributed by atoms with E-state index >= 15 is 0 Å². The van der Waals surface area contributed by atoms with Gasteiger partial charge in [0.1, 0.15) is 5.82 Å². The molecular weight excluding hydrogens is 312 g/mol. The molecule has 2 aromatic rings. The molecule has 1 aromatic heterocycles. The van der Waals surface area contributed by atoms with Crippen molar-refractivity contribution in [2.45, 2.75) is 17.9 Å². The summed E-state index contributed by atoms with van der Waals surface area (Å²) in [5.41, 5.74) is 2.94. The van der Waals surface area contributed by atoms with Gasteiger partial charge in [-0.3, -0.25) is 4.79 Å². The molecule has 1 aliphatic heterocycles. The zero-order valence-electron chi connectivity index (χ0n) is 9.57. The van der Waals surface area contributed by atoms with Crippen molar-refractivity contribution in [3.8, 4) is 0 Å². The van der Waals surface area contributed by atoms with Crippen molar-refractivity contribution in [3.05, 3.63) is 61.7 Å². The first kappa shape index (κ1) is 12.0. The number of hydrogen-bond donors (Lipinski definition) is 1. The lowest BCUT2D eigenvalue weighted by Crippen LogP contribution is -2.17. The summed E-state index contributed by atoms with van der Waals surface area (Å²) in [6, 6.07) is 7.99. The standard InChI is InChI=1S/C13H11BrN2OS/c14-10-4-2-1-3-8(10)5-12-15-11-7-18-6-9(11)13(17)16-12/h1-4H,5-7H2,(H,15,16,17). The van der Waals surface area contributed by atoms with Gasteiger partial charge in [-0.25, -0.2) is 4.98 Å². The Morgan fingerprint density at radius 3 is 3.00 bits per heavy atom. The Morgan fingerprint density at radius 2 is 2.17 bits per heavy atom. The highest BCUT2D eigenvalue weighted by Crippen LogP contribution is 2.26. The number of thioether (sulfide) groups is 1. The number of fused-ring (bicyclic) bond motifs is 1. The van der Waals surface area contributed by atoms with Crippen molar-refractivity contribution in [3.63, 3.8) is 0 Å². The molecule has 1 aromatic carbocycles. The Morgan fingerprint density at radius 1 is 1.33 bits per heavy atom. The second-order valence-electron chi connectivity index (χ2n) is 4.20. The molecule has 0 bridgehead atoms. The van der Waals surface area contributed by atoms with Gasteiger partial charge in [-0.05, 0) is 11.6 Å². The fourth-order valence-corrected chi connectivity index (χ4v) is 3.48. The number of benzene rings is 1. The third kappa shape index (κ3) is 2.24. The minimum atomic E-state index is 0.0204. The maximum Gasteiger partial charge on any atom is 0.255 e. The summed E-state index contributed by atoms with van der Waals surface area (Å²) in [5, 5.41) is 0. The highest BCUT2D eigenvalue weighted by Gasteiger charge is 2.17. The molecule has 0 amide bonds. The molecule has 0 radical (unpaired) electrons. The Balaban J connectivity index is 1.97. The third-order valence-electron chi connectivity index (χ3n) is 2.95. The summed E-state index contributed by atoms with van der Waals surface area (Å²) in [6.45, 7) is 0. The van der Waals surface area contributed by atoms with Gasteiger partial charge in [0.15, 0.2) is 0 Å². The zero-order chi connectivity index (χ0) is 12.5. The van der Waals surface area contributed by atoms with Crippen molar-refractivity contribution in [2.75, 3.05) is 0 Å². The SMILES string of the molecule is O=c1[nH]c(Cc2ccccc2Br)nc2c1CSC2. The van der Waals surface area contributed by atoms with Gasteiger partial charge >= 0.3 is 0 Å². The molecule has 0 unspecified atom stereocenters. The summed E-state index contributed by atoms with van der Waals surface area (Å²) in [4.78, 5) is 19.3. The monoisotopic (exact) mass is 322 g/mol. The normalized spacial score (nSPS) is 13.6. The van der Waals surface area contributed by atoms with Crippen LogP contribution in [0.15, 0.2) is 33.5 Å². The molecule has 2 heterocycles. The quantitative estimate of drug-likeness (QED) is 0.924. The molecule has 0 spiro atoms. The van der Waals surface area contributed by atoms with Crippen LogP contribution in [0.25, 0.3) is 0 Å². The van der Waals surface area contributed by atoms with E-state index in [1.807, 2.05) is 24.3 Å². The lowest BCUT2D eigenvalue weighted by Gasteiger charge is -2.05. The van der Waals surface area contributed by atoms with Crippen LogP contribution in [-0.4, -0.2) is 9.97 Å². The third-order valence-corrected chi connectivity index (χ3v) is 4.70. The lowest BCUT2D eigenvalue weighted by atomic mass is 10.1. The average Bonchev–Trinajstić information content (AvgIpc) is 2.81. The van der Waals surface area contributed by atoms with Crippen LogP contribution in [0.2, 0.25) is 0 Å². The van der Waals surface area contributed by atoms with Crippen LogP contribution in [0.4, 0.5) is 0 Å². The van der Waals surface area contributed by atoms with Crippen LogP contribution < -0.4 is 5.56 Å². The number of rotatable bonds is 2. The topological polar surface area (TPSA) is 45.8 Å². The molecule has 18 heavy (non-hydrogen) atoms. The minimum Gasteiger partial charge on any atom is -0.310 e. The number of nitrogens with one attached hydrogen (secondary N) is 1. The van der Waals surface area contributed by atoms with Crippen molar-refractivity contribution in [2.24, 2.45) is 0 Å². The first-order chi connectivity index (χ1) is 8.74. The van der Waals surface area contributed by atoms with Crippen LogP contribution in [0.5, 0.6) is 0 Å². The van der Waals surface area contributed by atoms with Crippen molar-refractivity contribution < 1.29 is 0 Å². The van der Waals surface area contributed by atoms with E-state index in [9.17, 15) is 4.79 Å². The second-order valence-corrected chi connectivity index (χ2v) is 6.04. The van der Waals surface area contributed by atoms with E-state index in [2.05, 4.69) is 25.9 Å². The van der Waals surface area contributed by atoms with E-state index in [0.29, 0.717) is 6.42 Å². The molecule has 0 fully saturated rings.